The fourth-order valence-corrected chi connectivity index (χ4v) is 3.23. The number of rotatable bonds is 7. The van der Waals surface area contributed by atoms with Crippen LogP contribution in [0.15, 0.2) is 22.7 Å². The number of aromatic nitrogens is 3. The van der Waals surface area contributed by atoms with E-state index in [2.05, 4.69) is 20.8 Å². The Balaban J connectivity index is 2.08. The van der Waals surface area contributed by atoms with Crippen LogP contribution in [0.1, 0.15) is 6.92 Å². The SMILES string of the molecule is CCNC(=O)NC(=O)CSc1nnc(-c2cccs2)n1CC(N)=O. The molecule has 0 unspecified atom stereocenters. The number of amides is 4. The Morgan fingerprint density at radius 2 is 2.17 bits per heavy atom. The fourth-order valence-electron chi connectivity index (χ4n) is 1.78. The number of hydrogen-bond acceptors (Lipinski definition) is 7. The molecule has 0 bridgehead atoms. The van der Waals surface area contributed by atoms with Crippen LogP contribution in [0.25, 0.3) is 10.7 Å². The number of primary amides is 1. The van der Waals surface area contributed by atoms with Gasteiger partial charge in [-0.25, -0.2) is 4.79 Å². The second-order valence-electron chi connectivity index (χ2n) is 4.53. The lowest BCUT2D eigenvalue weighted by atomic mass is 10.4. The number of hydrogen-bond donors (Lipinski definition) is 3. The maximum atomic E-state index is 11.7. The van der Waals surface area contributed by atoms with Crippen LogP contribution >= 0.6 is 23.1 Å². The molecule has 0 atom stereocenters. The zero-order valence-electron chi connectivity index (χ0n) is 12.8. The van der Waals surface area contributed by atoms with E-state index in [1.165, 1.54) is 11.3 Å². The number of carbonyl (C=O) groups excluding carboxylic acids is 3. The van der Waals surface area contributed by atoms with Crippen molar-refractivity contribution < 1.29 is 14.4 Å². The van der Waals surface area contributed by atoms with Gasteiger partial charge in [0.2, 0.25) is 11.8 Å². The second kappa shape index (κ2) is 8.45. The van der Waals surface area contributed by atoms with E-state index in [1.807, 2.05) is 17.5 Å². The molecule has 0 saturated heterocycles. The maximum Gasteiger partial charge on any atom is 0.321 e. The molecule has 2 rings (SSSR count). The molecule has 0 aliphatic carbocycles. The van der Waals surface area contributed by atoms with E-state index < -0.39 is 17.8 Å². The van der Waals surface area contributed by atoms with Gasteiger partial charge in [-0.2, -0.15) is 0 Å². The summed E-state index contributed by atoms with van der Waals surface area (Å²) >= 11 is 2.52. The Kier molecular flexibility index (Phi) is 6.32. The molecule has 128 valence electrons. The molecule has 2 aromatic rings. The Bertz CT molecular complexity index is 728. The zero-order chi connectivity index (χ0) is 17.5. The van der Waals surface area contributed by atoms with Crippen LogP contribution in [0, 0.1) is 0 Å². The second-order valence-corrected chi connectivity index (χ2v) is 6.42. The quantitative estimate of drug-likeness (QED) is 0.607. The molecule has 24 heavy (non-hydrogen) atoms. The molecule has 0 radical (unpaired) electrons. The minimum Gasteiger partial charge on any atom is -0.368 e. The van der Waals surface area contributed by atoms with Crippen molar-refractivity contribution in [3.63, 3.8) is 0 Å². The van der Waals surface area contributed by atoms with Crippen LogP contribution in [-0.2, 0) is 16.1 Å². The van der Waals surface area contributed by atoms with E-state index in [9.17, 15) is 14.4 Å². The average Bonchev–Trinajstić information content (AvgIpc) is 3.14. The van der Waals surface area contributed by atoms with Gasteiger partial charge in [0, 0.05) is 6.54 Å². The van der Waals surface area contributed by atoms with Crippen molar-refractivity contribution in [2.75, 3.05) is 12.3 Å². The largest absolute Gasteiger partial charge is 0.368 e. The minimum atomic E-state index is -0.555. The normalized spacial score (nSPS) is 10.4. The van der Waals surface area contributed by atoms with Gasteiger partial charge in [-0.3, -0.25) is 19.5 Å². The van der Waals surface area contributed by atoms with E-state index >= 15 is 0 Å². The fraction of sp³-hybridized carbons (Fsp3) is 0.308. The first kappa shape index (κ1) is 17.9. The van der Waals surface area contributed by atoms with Gasteiger partial charge in [0.1, 0.15) is 6.54 Å². The number of nitrogens with one attached hydrogen (secondary N) is 2. The molecule has 2 heterocycles. The highest BCUT2D eigenvalue weighted by Crippen LogP contribution is 2.27. The van der Waals surface area contributed by atoms with Crippen LogP contribution in [0.5, 0.6) is 0 Å². The van der Waals surface area contributed by atoms with Gasteiger partial charge < -0.3 is 11.1 Å². The van der Waals surface area contributed by atoms with Crippen molar-refractivity contribution in [3.05, 3.63) is 17.5 Å². The van der Waals surface area contributed by atoms with Gasteiger partial charge in [0.25, 0.3) is 0 Å². The maximum absolute atomic E-state index is 11.7. The van der Waals surface area contributed by atoms with E-state index in [4.69, 9.17) is 5.73 Å². The van der Waals surface area contributed by atoms with Crippen molar-refractivity contribution in [2.45, 2.75) is 18.6 Å². The highest BCUT2D eigenvalue weighted by Gasteiger charge is 2.18. The number of nitrogens with two attached hydrogens (primary N) is 1. The molecule has 9 nitrogen and oxygen atoms in total. The molecule has 0 saturated carbocycles. The summed E-state index contributed by atoms with van der Waals surface area (Å²) in [5.74, 6) is -0.549. The first-order valence-corrected chi connectivity index (χ1v) is 8.83. The van der Waals surface area contributed by atoms with Gasteiger partial charge in [-0.15, -0.1) is 21.5 Å². The molecule has 0 fully saturated rings. The number of nitrogens with zero attached hydrogens (tertiary/aromatic N) is 3. The third kappa shape index (κ3) is 4.80. The van der Waals surface area contributed by atoms with Crippen molar-refractivity contribution in [1.82, 2.24) is 25.4 Å². The summed E-state index contributed by atoms with van der Waals surface area (Å²) in [6.45, 7) is 2.07. The standard InChI is InChI=1S/C13H16N6O3S2/c1-2-15-12(22)16-10(21)7-24-13-18-17-11(8-4-3-5-23-8)19(13)6-9(14)20/h3-5H,2,6-7H2,1H3,(H2,14,20)(H2,15,16,21,22). The molecule has 11 heteroatoms. The van der Waals surface area contributed by atoms with E-state index in [-0.39, 0.29) is 12.3 Å². The van der Waals surface area contributed by atoms with Crippen molar-refractivity contribution >= 4 is 40.9 Å². The molecular formula is C13H16N6O3S2. The molecule has 4 amide bonds. The molecule has 0 spiro atoms. The van der Waals surface area contributed by atoms with Gasteiger partial charge in [-0.1, -0.05) is 17.8 Å². The molecule has 0 aliphatic rings. The van der Waals surface area contributed by atoms with Crippen molar-refractivity contribution in [1.29, 1.82) is 0 Å². The number of thioether (sulfide) groups is 1. The van der Waals surface area contributed by atoms with E-state index in [0.29, 0.717) is 17.5 Å². The predicted octanol–water partition coefficient (Wildman–Crippen LogP) is 0.430. The number of imide groups is 1. The molecular weight excluding hydrogens is 352 g/mol. The highest BCUT2D eigenvalue weighted by atomic mass is 32.2. The number of carbonyl (C=O) groups is 3. The van der Waals surface area contributed by atoms with Gasteiger partial charge >= 0.3 is 6.03 Å². The number of thiophene rings is 1. The van der Waals surface area contributed by atoms with Crippen LogP contribution in [0.3, 0.4) is 0 Å². The predicted molar refractivity (Wildman–Crippen MR) is 90.5 cm³/mol. The van der Waals surface area contributed by atoms with Crippen LogP contribution in [-0.4, -0.2) is 44.9 Å². The van der Waals surface area contributed by atoms with Crippen LogP contribution < -0.4 is 16.4 Å². The van der Waals surface area contributed by atoms with Crippen LogP contribution in [0.4, 0.5) is 4.79 Å². The van der Waals surface area contributed by atoms with Crippen molar-refractivity contribution in [3.8, 4) is 10.7 Å². The first-order chi connectivity index (χ1) is 11.5. The van der Waals surface area contributed by atoms with Crippen LogP contribution in [0.2, 0.25) is 0 Å². The summed E-state index contributed by atoms with van der Waals surface area (Å²) in [4.78, 5) is 35.2. The van der Waals surface area contributed by atoms with Gasteiger partial charge in [0.15, 0.2) is 11.0 Å². The zero-order valence-corrected chi connectivity index (χ0v) is 14.4. The van der Waals surface area contributed by atoms with Gasteiger partial charge in [-0.05, 0) is 18.4 Å². The molecule has 0 aromatic carbocycles. The average molecular weight is 368 g/mol. The Morgan fingerprint density at radius 3 is 2.79 bits per heavy atom. The summed E-state index contributed by atoms with van der Waals surface area (Å²) in [5.41, 5.74) is 5.28. The van der Waals surface area contributed by atoms with E-state index in [1.54, 1.807) is 11.5 Å². The lowest BCUT2D eigenvalue weighted by Crippen LogP contribution is -2.40. The Morgan fingerprint density at radius 1 is 1.38 bits per heavy atom. The third-order valence-corrected chi connectivity index (χ3v) is 4.53. The lowest BCUT2D eigenvalue weighted by molar-refractivity contribution is -0.119. The monoisotopic (exact) mass is 368 g/mol. The third-order valence-electron chi connectivity index (χ3n) is 2.70. The summed E-state index contributed by atoms with van der Waals surface area (Å²) < 4.78 is 1.55. The summed E-state index contributed by atoms with van der Waals surface area (Å²) in [6.07, 6.45) is 0. The summed E-state index contributed by atoms with van der Waals surface area (Å²) in [5, 5.41) is 15.0. The summed E-state index contributed by atoms with van der Waals surface area (Å²) in [7, 11) is 0. The lowest BCUT2D eigenvalue weighted by Gasteiger charge is -2.07. The first-order valence-electron chi connectivity index (χ1n) is 6.97. The molecule has 2 aromatic heterocycles. The smallest absolute Gasteiger partial charge is 0.321 e. The minimum absolute atomic E-state index is 0.0432. The molecule has 0 aliphatic heterocycles. The molecule has 4 N–H and O–H groups in total. The highest BCUT2D eigenvalue weighted by molar-refractivity contribution is 7.99. The Labute approximate surface area is 146 Å². The van der Waals surface area contributed by atoms with E-state index in [0.717, 1.165) is 16.6 Å². The van der Waals surface area contributed by atoms with Gasteiger partial charge in [0.05, 0.1) is 10.6 Å². The summed E-state index contributed by atoms with van der Waals surface area (Å²) in [6, 6.07) is 3.15. The number of urea groups is 1. The topological polar surface area (TPSA) is 132 Å². The van der Waals surface area contributed by atoms with Crippen molar-refractivity contribution in [2.24, 2.45) is 5.73 Å². The Hall–Kier alpha value is -2.40.